The largest absolute Gasteiger partial charge is 0.327 e. The van der Waals surface area contributed by atoms with Crippen LogP contribution in [-0.4, -0.2) is 12.1 Å². The van der Waals surface area contributed by atoms with Crippen LogP contribution in [0.5, 0.6) is 0 Å². The fourth-order valence-electron chi connectivity index (χ4n) is 1.39. The third-order valence-electron chi connectivity index (χ3n) is 2.12. The van der Waals surface area contributed by atoms with Gasteiger partial charge in [-0.15, -0.1) is 0 Å². The zero-order valence-corrected chi connectivity index (χ0v) is 5.30. The fraction of sp³-hybridized carbons (Fsp3) is 1.00. The van der Waals surface area contributed by atoms with E-state index in [9.17, 15) is 0 Å². The minimum Gasteiger partial charge on any atom is -0.327 e. The highest BCUT2D eigenvalue weighted by molar-refractivity contribution is 4.93. The van der Waals surface area contributed by atoms with E-state index in [-0.39, 0.29) is 0 Å². The van der Waals surface area contributed by atoms with Crippen LogP contribution in [0.4, 0.5) is 0 Å². The SMILES string of the molecule is CCC1C(N)CC1N. The molecule has 2 nitrogen and oxygen atoms in total. The molecule has 4 N–H and O–H groups in total. The van der Waals surface area contributed by atoms with Crippen LogP contribution in [0.15, 0.2) is 0 Å². The van der Waals surface area contributed by atoms with Crippen molar-refractivity contribution in [3.63, 3.8) is 0 Å². The van der Waals surface area contributed by atoms with Crippen molar-refractivity contribution < 1.29 is 0 Å². The summed E-state index contributed by atoms with van der Waals surface area (Å²) in [5.74, 6) is 0.606. The van der Waals surface area contributed by atoms with Gasteiger partial charge < -0.3 is 11.5 Å². The molecule has 1 fully saturated rings. The Morgan fingerprint density at radius 3 is 2.00 bits per heavy atom. The number of nitrogens with two attached hydrogens (primary N) is 2. The standard InChI is InChI=1S/C6H14N2/c1-2-4-5(7)3-6(4)8/h4-6H,2-3,7-8H2,1H3. The van der Waals surface area contributed by atoms with Gasteiger partial charge in [-0.3, -0.25) is 0 Å². The molecule has 0 heterocycles. The summed E-state index contributed by atoms with van der Waals surface area (Å²) >= 11 is 0. The van der Waals surface area contributed by atoms with Crippen LogP contribution < -0.4 is 11.5 Å². The molecule has 0 radical (unpaired) electrons. The highest BCUT2D eigenvalue weighted by Crippen LogP contribution is 2.26. The smallest absolute Gasteiger partial charge is 0.00966 e. The van der Waals surface area contributed by atoms with Crippen LogP contribution >= 0.6 is 0 Å². The summed E-state index contributed by atoms with van der Waals surface area (Å²) in [5, 5.41) is 0. The quantitative estimate of drug-likeness (QED) is 0.507. The number of rotatable bonds is 1. The minimum atomic E-state index is 0.398. The molecular formula is C6H14N2. The van der Waals surface area contributed by atoms with Crippen LogP contribution in [-0.2, 0) is 0 Å². The predicted octanol–water partition coefficient (Wildman–Crippen LogP) is 0.0709. The lowest BCUT2D eigenvalue weighted by Gasteiger charge is -2.39. The second-order valence-corrected chi connectivity index (χ2v) is 2.64. The van der Waals surface area contributed by atoms with Crippen LogP contribution in [0.2, 0.25) is 0 Å². The first kappa shape index (κ1) is 6.05. The molecule has 0 saturated heterocycles. The fourth-order valence-corrected chi connectivity index (χ4v) is 1.39. The maximum Gasteiger partial charge on any atom is 0.00966 e. The Hall–Kier alpha value is -0.0800. The van der Waals surface area contributed by atoms with Crippen molar-refractivity contribution in [2.24, 2.45) is 17.4 Å². The normalized spacial score (nSPS) is 46.1. The maximum absolute atomic E-state index is 5.64. The van der Waals surface area contributed by atoms with Gasteiger partial charge in [0, 0.05) is 12.1 Å². The molecule has 0 aromatic heterocycles. The lowest BCUT2D eigenvalue weighted by atomic mass is 9.74. The third kappa shape index (κ3) is 0.740. The van der Waals surface area contributed by atoms with E-state index in [2.05, 4.69) is 6.92 Å². The van der Waals surface area contributed by atoms with Crippen LogP contribution in [0.1, 0.15) is 19.8 Å². The van der Waals surface area contributed by atoms with Gasteiger partial charge in [-0.1, -0.05) is 13.3 Å². The molecule has 0 aromatic carbocycles. The summed E-state index contributed by atoms with van der Waals surface area (Å²) in [6, 6.07) is 0.796. The number of hydrogen-bond acceptors (Lipinski definition) is 2. The van der Waals surface area contributed by atoms with Gasteiger partial charge in [-0.05, 0) is 12.3 Å². The highest BCUT2D eigenvalue weighted by Gasteiger charge is 2.33. The molecule has 1 aliphatic carbocycles. The molecule has 2 unspecified atom stereocenters. The van der Waals surface area contributed by atoms with E-state index in [1.807, 2.05) is 0 Å². The van der Waals surface area contributed by atoms with E-state index >= 15 is 0 Å². The van der Waals surface area contributed by atoms with Crippen LogP contribution in [0.25, 0.3) is 0 Å². The van der Waals surface area contributed by atoms with Gasteiger partial charge >= 0.3 is 0 Å². The van der Waals surface area contributed by atoms with E-state index < -0.39 is 0 Å². The van der Waals surface area contributed by atoms with Crippen molar-refractivity contribution in [3.05, 3.63) is 0 Å². The van der Waals surface area contributed by atoms with Crippen LogP contribution in [0, 0.1) is 5.92 Å². The predicted molar refractivity (Wildman–Crippen MR) is 34.3 cm³/mol. The Morgan fingerprint density at radius 2 is 1.88 bits per heavy atom. The highest BCUT2D eigenvalue weighted by atomic mass is 14.8. The minimum absolute atomic E-state index is 0.398. The zero-order chi connectivity index (χ0) is 6.15. The lowest BCUT2D eigenvalue weighted by Crippen LogP contribution is -2.55. The zero-order valence-electron chi connectivity index (χ0n) is 5.30. The number of hydrogen-bond donors (Lipinski definition) is 2. The first-order valence-corrected chi connectivity index (χ1v) is 3.27. The first-order valence-electron chi connectivity index (χ1n) is 3.27. The van der Waals surface area contributed by atoms with Crippen molar-refractivity contribution in [2.75, 3.05) is 0 Å². The summed E-state index contributed by atoms with van der Waals surface area (Å²) < 4.78 is 0. The molecule has 1 aliphatic rings. The van der Waals surface area contributed by atoms with E-state index in [0.29, 0.717) is 18.0 Å². The Bertz CT molecular complexity index is 74.6. The van der Waals surface area contributed by atoms with E-state index in [1.165, 1.54) is 0 Å². The Balaban J connectivity index is 2.29. The summed E-state index contributed by atoms with van der Waals surface area (Å²) in [4.78, 5) is 0. The molecule has 2 atom stereocenters. The van der Waals surface area contributed by atoms with Crippen molar-refractivity contribution in [3.8, 4) is 0 Å². The topological polar surface area (TPSA) is 52.0 Å². The second kappa shape index (κ2) is 2.03. The van der Waals surface area contributed by atoms with Crippen molar-refractivity contribution in [1.82, 2.24) is 0 Å². The molecule has 8 heavy (non-hydrogen) atoms. The van der Waals surface area contributed by atoms with Gasteiger partial charge in [0.2, 0.25) is 0 Å². The van der Waals surface area contributed by atoms with Crippen LogP contribution in [0.3, 0.4) is 0 Å². The average molecular weight is 114 g/mol. The average Bonchev–Trinajstić information content (AvgIpc) is 1.67. The molecule has 0 aromatic rings. The van der Waals surface area contributed by atoms with Gasteiger partial charge in [-0.25, -0.2) is 0 Å². The van der Waals surface area contributed by atoms with Gasteiger partial charge in [0.25, 0.3) is 0 Å². The Labute approximate surface area is 50.2 Å². The second-order valence-electron chi connectivity index (χ2n) is 2.64. The molecule has 2 heteroatoms. The molecule has 0 bridgehead atoms. The summed E-state index contributed by atoms with van der Waals surface area (Å²) in [6.45, 7) is 2.14. The van der Waals surface area contributed by atoms with Gasteiger partial charge in [0.15, 0.2) is 0 Å². The Morgan fingerprint density at radius 1 is 1.38 bits per heavy atom. The monoisotopic (exact) mass is 114 g/mol. The van der Waals surface area contributed by atoms with Gasteiger partial charge in [-0.2, -0.15) is 0 Å². The third-order valence-corrected chi connectivity index (χ3v) is 2.12. The van der Waals surface area contributed by atoms with Gasteiger partial charge in [0.1, 0.15) is 0 Å². The van der Waals surface area contributed by atoms with Crippen molar-refractivity contribution in [1.29, 1.82) is 0 Å². The molecule has 0 aliphatic heterocycles. The molecule has 1 saturated carbocycles. The van der Waals surface area contributed by atoms with Crippen molar-refractivity contribution in [2.45, 2.75) is 31.8 Å². The summed E-state index contributed by atoms with van der Waals surface area (Å²) in [7, 11) is 0. The van der Waals surface area contributed by atoms with E-state index in [1.54, 1.807) is 0 Å². The van der Waals surface area contributed by atoms with Crippen molar-refractivity contribution >= 4 is 0 Å². The van der Waals surface area contributed by atoms with E-state index in [0.717, 1.165) is 12.8 Å². The van der Waals surface area contributed by atoms with E-state index in [4.69, 9.17) is 11.5 Å². The molecular weight excluding hydrogens is 100 g/mol. The molecule has 0 spiro atoms. The van der Waals surface area contributed by atoms with Gasteiger partial charge in [0.05, 0.1) is 0 Å². The molecule has 1 rings (SSSR count). The Kier molecular flexibility index (Phi) is 1.54. The first-order chi connectivity index (χ1) is 3.75. The summed E-state index contributed by atoms with van der Waals surface area (Å²) in [5.41, 5.74) is 11.3. The summed E-state index contributed by atoms with van der Waals surface area (Å²) in [6.07, 6.45) is 2.17. The lowest BCUT2D eigenvalue weighted by molar-refractivity contribution is 0.201. The molecule has 0 amide bonds. The maximum atomic E-state index is 5.64. The molecule has 48 valence electrons.